The van der Waals surface area contributed by atoms with Gasteiger partial charge in [0.2, 0.25) is 5.91 Å². The topological polar surface area (TPSA) is 95.9 Å². The van der Waals surface area contributed by atoms with Gasteiger partial charge in [0, 0.05) is 23.2 Å². The summed E-state index contributed by atoms with van der Waals surface area (Å²) < 4.78 is 6.19. The molecule has 3 aliphatic heterocycles. The Bertz CT molecular complexity index is 944. The summed E-state index contributed by atoms with van der Waals surface area (Å²) in [6.07, 6.45) is 5.48. The van der Waals surface area contributed by atoms with Crippen molar-refractivity contribution in [2.45, 2.75) is 91.3 Å². The van der Waals surface area contributed by atoms with Crippen LogP contribution in [-0.4, -0.2) is 59.6 Å². The number of aliphatic hydroxyl groups is 1. The number of piperidine rings is 3. The van der Waals surface area contributed by atoms with Gasteiger partial charge < -0.3 is 14.7 Å². The van der Waals surface area contributed by atoms with Crippen molar-refractivity contribution in [1.29, 1.82) is 0 Å². The summed E-state index contributed by atoms with van der Waals surface area (Å²) in [6, 6.07) is 0. The number of rotatable bonds is 3. The van der Waals surface area contributed by atoms with Crippen molar-refractivity contribution in [2.24, 2.45) is 39.4 Å². The molecule has 2 N–H and O–H groups in total. The lowest BCUT2D eigenvalue weighted by atomic mass is 9.44. The van der Waals surface area contributed by atoms with Crippen LogP contribution in [0.1, 0.15) is 79.1 Å². The molecule has 3 saturated carbocycles. The van der Waals surface area contributed by atoms with Gasteiger partial charge in [-0.15, -0.1) is 6.58 Å². The standard InChI is InChI=1S/C29H44N2O5/c1-6-26(4)17-21(36-25(35)30-24(34)28-11-14-31(15-12-28)16-13-28)27(5)18(2)7-9-29(19(3)23(26)33)10-8-20(32)22(27)29/h6,18-19,21-23,33H,1,7-17H2,2-5H3,(H,30,34,35)/t18?,19-,21+,22?,23-,26+,27-,29-/m0/s1. The molecule has 0 aromatic heterocycles. The van der Waals surface area contributed by atoms with E-state index in [0.717, 1.165) is 58.2 Å². The van der Waals surface area contributed by atoms with Crippen LogP contribution >= 0.6 is 0 Å². The molecule has 3 heterocycles. The van der Waals surface area contributed by atoms with E-state index in [-0.39, 0.29) is 34.9 Å². The van der Waals surface area contributed by atoms with E-state index in [4.69, 9.17) is 4.74 Å². The molecular formula is C29H44N2O5. The Morgan fingerprint density at radius 1 is 1.11 bits per heavy atom. The number of aliphatic hydroxyl groups excluding tert-OH is 1. The molecule has 2 amide bonds. The quantitative estimate of drug-likeness (QED) is 0.567. The van der Waals surface area contributed by atoms with E-state index in [0.29, 0.717) is 12.8 Å². The van der Waals surface area contributed by atoms with E-state index in [1.165, 1.54) is 0 Å². The Labute approximate surface area is 215 Å². The van der Waals surface area contributed by atoms with Gasteiger partial charge in [-0.05, 0) is 81.8 Å². The number of fused-ring (bicyclic) bond motifs is 3. The summed E-state index contributed by atoms with van der Waals surface area (Å²) in [6.45, 7) is 15.1. The number of ether oxygens (including phenoxy) is 1. The molecule has 0 spiro atoms. The summed E-state index contributed by atoms with van der Waals surface area (Å²) >= 11 is 0. The van der Waals surface area contributed by atoms with Crippen LogP contribution in [0.5, 0.6) is 0 Å². The summed E-state index contributed by atoms with van der Waals surface area (Å²) in [5.41, 5.74) is -2.08. The largest absolute Gasteiger partial charge is 0.445 e. The zero-order chi connectivity index (χ0) is 26.1. The van der Waals surface area contributed by atoms with Crippen molar-refractivity contribution in [3.8, 4) is 0 Å². The van der Waals surface area contributed by atoms with Crippen LogP contribution in [-0.2, 0) is 14.3 Å². The normalized spacial score (nSPS) is 50.0. The first-order chi connectivity index (χ1) is 16.9. The number of amides is 2. The van der Waals surface area contributed by atoms with Crippen LogP contribution in [0.25, 0.3) is 0 Å². The third kappa shape index (κ3) is 3.55. The molecule has 6 fully saturated rings. The smallest absolute Gasteiger partial charge is 0.414 e. The van der Waals surface area contributed by atoms with Crippen molar-refractivity contribution < 1.29 is 24.2 Å². The number of imide groups is 1. The van der Waals surface area contributed by atoms with Crippen molar-refractivity contribution in [2.75, 3.05) is 19.6 Å². The van der Waals surface area contributed by atoms with E-state index in [2.05, 4.69) is 37.6 Å². The second-order valence-electron chi connectivity index (χ2n) is 13.3. The molecule has 0 radical (unpaired) electrons. The average Bonchev–Trinajstić information content (AvgIpc) is 3.23. The SMILES string of the molecule is C=C[C@]1(C)C[C@@H](OC(=O)NC(=O)C23CCN(CC2)CC3)[C@]2(C)C(C)CC[C@]3(CCC(=O)C32)[C@@H](C)[C@@H]1O. The summed E-state index contributed by atoms with van der Waals surface area (Å²) in [7, 11) is 0. The number of ketones is 1. The van der Waals surface area contributed by atoms with E-state index in [9.17, 15) is 19.5 Å². The zero-order valence-corrected chi connectivity index (χ0v) is 22.5. The van der Waals surface area contributed by atoms with Gasteiger partial charge >= 0.3 is 6.09 Å². The molecule has 36 heavy (non-hydrogen) atoms. The maximum absolute atomic E-state index is 13.5. The average molecular weight is 501 g/mol. The Morgan fingerprint density at radius 3 is 2.36 bits per heavy atom. The van der Waals surface area contributed by atoms with Crippen molar-refractivity contribution >= 4 is 17.8 Å². The van der Waals surface area contributed by atoms with Crippen LogP contribution in [0.2, 0.25) is 0 Å². The summed E-state index contributed by atoms with van der Waals surface area (Å²) in [5, 5.41) is 14.2. The third-order valence-electron chi connectivity index (χ3n) is 12.0. The lowest BCUT2D eigenvalue weighted by Crippen LogP contribution is -2.63. The van der Waals surface area contributed by atoms with E-state index >= 15 is 0 Å². The molecule has 4 bridgehead atoms. The Hall–Kier alpha value is -1.73. The maximum Gasteiger partial charge on any atom is 0.414 e. The molecule has 3 aliphatic carbocycles. The number of carbonyl (C=O) groups is 3. The fourth-order valence-electron chi connectivity index (χ4n) is 9.05. The second-order valence-corrected chi connectivity index (χ2v) is 13.3. The first-order valence-electron chi connectivity index (χ1n) is 14.0. The number of hydrogen-bond acceptors (Lipinski definition) is 6. The number of nitrogens with zero attached hydrogens (tertiary/aromatic N) is 1. The van der Waals surface area contributed by atoms with Gasteiger partial charge in [-0.3, -0.25) is 14.9 Å². The highest BCUT2D eigenvalue weighted by Crippen LogP contribution is 2.68. The van der Waals surface area contributed by atoms with Gasteiger partial charge in [0.1, 0.15) is 11.9 Å². The zero-order valence-electron chi connectivity index (χ0n) is 22.5. The third-order valence-corrected chi connectivity index (χ3v) is 12.0. The molecule has 200 valence electrons. The van der Waals surface area contributed by atoms with Gasteiger partial charge in [0.25, 0.3) is 0 Å². The molecule has 0 aromatic carbocycles. The first-order valence-corrected chi connectivity index (χ1v) is 14.0. The molecule has 0 aromatic rings. The predicted octanol–water partition coefficient (Wildman–Crippen LogP) is 4.09. The number of Topliss-reactive ketones (excluding diaryl/α,β-unsaturated/α-hetero) is 1. The van der Waals surface area contributed by atoms with Crippen LogP contribution < -0.4 is 5.32 Å². The number of nitrogens with one attached hydrogen (secondary N) is 1. The van der Waals surface area contributed by atoms with Gasteiger partial charge in [-0.2, -0.15) is 0 Å². The molecule has 7 nitrogen and oxygen atoms in total. The maximum atomic E-state index is 13.5. The van der Waals surface area contributed by atoms with Crippen LogP contribution in [0.3, 0.4) is 0 Å². The lowest BCUT2D eigenvalue weighted by molar-refractivity contribution is -0.191. The highest BCUT2D eigenvalue weighted by atomic mass is 16.6. The van der Waals surface area contributed by atoms with E-state index in [1.54, 1.807) is 6.08 Å². The molecule has 2 unspecified atom stereocenters. The number of carbonyl (C=O) groups excluding carboxylic acids is 3. The highest BCUT2D eigenvalue weighted by Gasteiger charge is 2.68. The fraction of sp³-hybridized carbons (Fsp3) is 0.828. The minimum absolute atomic E-state index is 0.0728. The van der Waals surface area contributed by atoms with Crippen molar-refractivity contribution in [3.05, 3.63) is 12.7 Å². The van der Waals surface area contributed by atoms with Gasteiger partial charge in [0.05, 0.1) is 11.5 Å². The predicted molar refractivity (Wildman–Crippen MR) is 136 cm³/mol. The molecular weight excluding hydrogens is 456 g/mol. The molecule has 3 saturated heterocycles. The van der Waals surface area contributed by atoms with E-state index < -0.39 is 34.5 Å². The minimum atomic E-state index is -0.725. The molecule has 6 aliphatic rings. The Morgan fingerprint density at radius 2 is 1.75 bits per heavy atom. The summed E-state index contributed by atoms with van der Waals surface area (Å²) in [5.74, 6) is -0.197. The van der Waals surface area contributed by atoms with Crippen molar-refractivity contribution in [1.82, 2.24) is 10.2 Å². The molecule has 7 heteroatoms. The molecule has 6 rings (SSSR count). The van der Waals surface area contributed by atoms with E-state index in [1.807, 2.05) is 6.92 Å². The van der Waals surface area contributed by atoms with Crippen LogP contribution in [0, 0.1) is 39.4 Å². The number of alkyl carbamates (subject to hydrolysis) is 1. The van der Waals surface area contributed by atoms with Crippen LogP contribution in [0.4, 0.5) is 4.79 Å². The highest BCUT2D eigenvalue weighted by molar-refractivity contribution is 5.95. The monoisotopic (exact) mass is 500 g/mol. The van der Waals surface area contributed by atoms with Crippen molar-refractivity contribution in [3.63, 3.8) is 0 Å². The minimum Gasteiger partial charge on any atom is -0.445 e. The first kappa shape index (κ1) is 25.9. The van der Waals surface area contributed by atoms with Gasteiger partial charge in [0.15, 0.2) is 0 Å². The number of hydrogen-bond donors (Lipinski definition) is 2. The second kappa shape index (κ2) is 8.65. The Kier molecular flexibility index (Phi) is 6.23. The fourth-order valence-corrected chi connectivity index (χ4v) is 9.05. The van der Waals surface area contributed by atoms with Crippen LogP contribution in [0.15, 0.2) is 12.7 Å². The summed E-state index contributed by atoms with van der Waals surface area (Å²) in [4.78, 5) is 42.5. The van der Waals surface area contributed by atoms with Gasteiger partial charge in [-0.25, -0.2) is 4.79 Å². The Balaban J connectivity index is 1.47. The lowest BCUT2D eigenvalue weighted by Gasteiger charge is -2.61. The van der Waals surface area contributed by atoms with Gasteiger partial charge in [-0.1, -0.05) is 33.8 Å². The molecule has 8 atom stereocenters.